The number of anilines is 1. The second-order valence-electron chi connectivity index (χ2n) is 7.69. The fourth-order valence-corrected chi connectivity index (χ4v) is 4.27. The highest BCUT2D eigenvalue weighted by Crippen LogP contribution is 2.33. The molecule has 3 aromatic rings. The number of halogens is 1. The first-order chi connectivity index (χ1) is 17.4. The van der Waals surface area contributed by atoms with Gasteiger partial charge in [-0.2, -0.15) is 0 Å². The predicted molar refractivity (Wildman–Crippen MR) is 131 cm³/mol. The Hall–Kier alpha value is -4.07. The monoisotopic (exact) mass is 510 g/mol. The average molecular weight is 511 g/mol. The molecule has 0 atom stereocenters. The molecule has 8 nitrogen and oxygen atoms in total. The summed E-state index contributed by atoms with van der Waals surface area (Å²) in [6, 6.07) is 16.7. The summed E-state index contributed by atoms with van der Waals surface area (Å²) >= 11 is 0. The Kier molecular flexibility index (Phi) is 8.05. The van der Waals surface area contributed by atoms with E-state index in [4.69, 9.17) is 14.2 Å². The van der Waals surface area contributed by atoms with Crippen LogP contribution in [0.4, 0.5) is 10.1 Å². The first-order valence-corrected chi connectivity index (χ1v) is 12.5. The fraction of sp³-hybridized carbons (Fsp3) is 0.192. The van der Waals surface area contributed by atoms with E-state index in [9.17, 15) is 17.6 Å². The molecule has 0 aromatic heterocycles. The Morgan fingerprint density at radius 1 is 0.972 bits per heavy atom. The Balaban J connectivity index is 1.24. The summed E-state index contributed by atoms with van der Waals surface area (Å²) in [5, 5.41) is 2.61. The van der Waals surface area contributed by atoms with Crippen LogP contribution in [0.15, 0.2) is 71.6 Å². The van der Waals surface area contributed by atoms with E-state index in [0.717, 1.165) is 5.56 Å². The molecule has 0 bridgehead atoms. The Labute approximate surface area is 208 Å². The number of rotatable bonds is 8. The highest BCUT2D eigenvalue weighted by atomic mass is 32.2. The molecule has 4 rings (SSSR count). The summed E-state index contributed by atoms with van der Waals surface area (Å²) < 4.78 is 57.0. The smallest absolute Gasteiger partial charge is 0.261 e. The fourth-order valence-electron chi connectivity index (χ4n) is 3.22. The van der Waals surface area contributed by atoms with E-state index < -0.39 is 10.0 Å². The molecule has 0 spiro atoms. The van der Waals surface area contributed by atoms with Gasteiger partial charge in [-0.15, -0.1) is 0 Å². The summed E-state index contributed by atoms with van der Waals surface area (Å²) in [6.45, 7) is 0.998. The van der Waals surface area contributed by atoms with Crippen LogP contribution in [0.2, 0.25) is 0 Å². The van der Waals surface area contributed by atoms with Crippen molar-refractivity contribution in [1.29, 1.82) is 0 Å². The van der Waals surface area contributed by atoms with Gasteiger partial charge in [-0.1, -0.05) is 24.0 Å². The average Bonchev–Trinajstić information content (AvgIpc) is 2.88. The molecule has 0 unspecified atom stereocenters. The molecule has 1 aliphatic rings. The molecule has 2 N–H and O–H groups in total. The lowest BCUT2D eigenvalue weighted by atomic mass is 10.2. The maximum atomic E-state index is 12.9. The molecule has 186 valence electrons. The van der Waals surface area contributed by atoms with Gasteiger partial charge in [-0.05, 0) is 54.1 Å². The van der Waals surface area contributed by atoms with E-state index in [-0.39, 0.29) is 36.4 Å². The van der Waals surface area contributed by atoms with Gasteiger partial charge in [0.15, 0.2) is 11.5 Å². The predicted octanol–water partition coefficient (Wildman–Crippen LogP) is 3.08. The summed E-state index contributed by atoms with van der Waals surface area (Å²) in [6.07, 6.45) is 0. The SMILES string of the molecule is O=C(COCc1ccc(F)cc1)NCC#Cc1ccc(S(=O)(=O)Nc2ccc3c(c2)OCCO3)cc1. The summed E-state index contributed by atoms with van der Waals surface area (Å²) in [5.74, 6) is 6.05. The van der Waals surface area contributed by atoms with E-state index in [1.165, 1.54) is 24.3 Å². The molecule has 1 amide bonds. The number of hydrogen-bond acceptors (Lipinski definition) is 6. The molecule has 0 aliphatic carbocycles. The van der Waals surface area contributed by atoms with Crippen molar-refractivity contribution in [2.75, 3.05) is 31.1 Å². The number of hydrogen-bond donors (Lipinski definition) is 2. The van der Waals surface area contributed by atoms with Crippen molar-refractivity contribution in [2.45, 2.75) is 11.5 Å². The van der Waals surface area contributed by atoms with Crippen LogP contribution in [0.25, 0.3) is 0 Å². The van der Waals surface area contributed by atoms with Crippen molar-refractivity contribution in [1.82, 2.24) is 5.32 Å². The van der Waals surface area contributed by atoms with Crippen molar-refractivity contribution < 1.29 is 31.8 Å². The van der Waals surface area contributed by atoms with Gasteiger partial charge < -0.3 is 19.5 Å². The highest BCUT2D eigenvalue weighted by molar-refractivity contribution is 7.92. The Morgan fingerprint density at radius 2 is 1.69 bits per heavy atom. The van der Waals surface area contributed by atoms with Crippen LogP contribution in [-0.2, 0) is 26.2 Å². The van der Waals surface area contributed by atoms with Crippen molar-refractivity contribution in [3.63, 3.8) is 0 Å². The largest absolute Gasteiger partial charge is 0.486 e. The van der Waals surface area contributed by atoms with Crippen LogP contribution >= 0.6 is 0 Å². The normalized spacial score (nSPS) is 12.2. The van der Waals surface area contributed by atoms with Crippen LogP contribution in [0, 0.1) is 17.7 Å². The van der Waals surface area contributed by atoms with Crippen LogP contribution in [0.5, 0.6) is 11.5 Å². The minimum absolute atomic E-state index is 0.0783. The van der Waals surface area contributed by atoms with Crippen LogP contribution in [0.1, 0.15) is 11.1 Å². The molecule has 1 aliphatic heterocycles. The second kappa shape index (κ2) is 11.6. The Morgan fingerprint density at radius 3 is 2.44 bits per heavy atom. The zero-order valence-electron chi connectivity index (χ0n) is 19.1. The van der Waals surface area contributed by atoms with Crippen molar-refractivity contribution in [3.8, 4) is 23.3 Å². The number of carbonyl (C=O) groups is 1. The minimum atomic E-state index is -3.81. The van der Waals surface area contributed by atoms with Gasteiger partial charge in [0.05, 0.1) is 23.7 Å². The molecule has 0 saturated carbocycles. The van der Waals surface area contributed by atoms with E-state index in [2.05, 4.69) is 21.9 Å². The summed E-state index contributed by atoms with van der Waals surface area (Å²) in [7, 11) is -3.81. The van der Waals surface area contributed by atoms with Crippen molar-refractivity contribution in [3.05, 3.63) is 83.7 Å². The van der Waals surface area contributed by atoms with E-state index in [1.54, 1.807) is 42.5 Å². The van der Waals surface area contributed by atoms with Gasteiger partial charge in [-0.25, -0.2) is 12.8 Å². The van der Waals surface area contributed by atoms with Gasteiger partial charge in [0.2, 0.25) is 5.91 Å². The standard InChI is InChI=1S/C26H23FN2O6S/c27-21-7-3-20(4-8-21)17-33-18-26(30)28-13-1-2-19-5-10-23(11-6-19)36(31,32)29-22-9-12-24-25(16-22)35-15-14-34-24/h3-12,16,29H,13-15,17-18H2,(H,28,30). The maximum absolute atomic E-state index is 12.9. The zero-order chi connectivity index (χ0) is 25.4. The second-order valence-corrected chi connectivity index (χ2v) is 9.37. The third kappa shape index (κ3) is 6.97. The molecule has 10 heteroatoms. The quantitative estimate of drug-likeness (QED) is 0.452. The number of ether oxygens (including phenoxy) is 3. The lowest BCUT2D eigenvalue weighted by Crippen LogP contribution is -2.27. The first kappa shape index (κ1) is 25.0. The van der Waals surface area contributed by atoms with Gasteiger partial charge in [0, 0.05) is 11.6 Å². The first-order valence-electron chi connectivity index (χ1n) is 11.0. The van der Waals surface area contributed by atoms with E-state index in [1.807, 2.05) is 0 Å². The third-order valence-corrected chi connectivity index (χ3v) is 6.38. The lowest BCUT2D eigenvalue weighted by Gasteiger charge is -2.19. The number of carbonyl (C=O) groups excluding carboxylic acids is 1. The maximum Gasteiger partial charge on any atom is 0.261 e. The summed E-state index contributed by atoms with van der Waals surface area (Å²) in [4.78, 5) is 11.9. The topological polar surface area (TPSA) is 103 Å². The number of sulfonamides is 1. The van der Waals surface area contributed by atoms with Gasteiger partial charge >= 0.3 is 0 Å². The molecule has 0 saturated heterocycles. The van der Waals surface area contributed by atoms with E-state index in [0.29, 0.717) is 36.0 Å². The van der Waals surface area contributed by atoms with Gasteiger partial charge in [-0.3, -0.25) is 9.52 Å². The lowest BCUT2D eigenvalue weighted by molar-refractivity contribution is -0.125. The van der Waals surface area contributed by atoms with Crippen LogP contribution in [0.3, 0.4) is 0 Å². The molecular formula is C26H23FN2O6S. The van der Waals surface area contributed by atoms with Crippen LogP contribution in [-0.4, -0.2) is 40.7 Å². The summed E-state index contributed by atoms with van der Waals surface area (Å²) in [5.41, 5.74) is 1.71. The number of benzene rings is 3. The molecular weight excluding hydrogens is 487 g/mol. The Bertz CT molecular complexity index is 1380. The minimum Gasteiger partial charge on any atom is -0.486 e. The van der Waals surface area contributed by atoms with Gasteiger partial charge in [0.25, 0.3) is 10.0 Å². The molecule has 0 fully saturated rings. The van der Waals surface area contributed by atoms with E-state index >= 15 is 0 Å². The number of amides is 1. The molecule has 1 heterocycles. The molecule has 0 radical (unpaired) electrons. The number of nitrogens with one attached hydrogen (secondary N) is 2. The zero-order valence-corrected chi connectivity index (χ0v) is 19.9. The van der Waals surface area contributed by atoms with Crippen molar-refractivity contribution in [2.24, 2.45) is 0 Å². The van der Waals surface area contributed by atoms with Crippen LogP contribution < -0.4 is 19.5 Å². The number of fused-ring (bicyclic) bond motifs is 1. The molecule has 36 heavy (non-hydrogen) atoms. The third-order valence-electron chi connectivity index (χ3n) is 4.98. The van der Waals surface area contributed by atoms with Crippen molar-refractivity contribution >= 4 is 21.6 Å². The van der Waals surface area contributed by atoms with Gasteiger partial charge in [0.1, 0.15) is 25.6 Å². The molecule has 3 aromatic carbocycles. The highest BCUT2D eigenvalue weighted by Gasteiger charge is 2.17.